The summed E-state index contributed by atoms with van der Waals surface area (Å²) in [7, 11) is 1.61. The monoisotopic (exact) mass is 386 g/mol. The number of aromatic nitrogens is 1. The Labute approximate surface area is 148 Å². The molecule has 0 amide bonds. The summed E-state index contributed by atoms with van der Waals surface area (Å²) in [5.41, 5.74) is 1.46. The number of benzene rings is 1. The second kappa shape index (κ2) is 8.19. The molecular formula is C17H15BrN4O2. The van der Waals surface area contributed by atoms with Gasteiger partial charge in [0.2, 0.25) is 0 Å². The molecule has 0 N–H and O–H groups in total. The lowest BCUT2D eigenvalue weighted by atomic mass is 10.2. The number of aliphatic imine (C=N–C) groups is 1. The van der Waals surface area contributed by atoms with E-state index in [1.807, 2.05) is 43.3 Å². The van der Waals surface area contributed by atoms with E-state index in [-0.39, 0.29) is 11.1 Å². The Balaban J connectivity index is 2.48. The summed E-state index contributed by atoms with van der Waals surface area (Å²) in [6, 6.07) is 11.6. The van der Waals surface area contributed by atoms with E-state index in [4.69, 9.17) is 9.47 Å². The fourth-order valence-electron chi connectivity index (χ4n) is 2.14. The third-order valence-corrected chi connectivity index (χ3v) is 4.14. The van der Waals surface area contributed by atoms with E-state index in [0.717, 1.165) is 11.3 Å². The molecule has 1 heterocycles. The van der Waals surface area contributed by atoms with Gasteiger partial charge in [0.25, 0.3) is 0 Å². The molecular weight excluding hydrogens is 372 g/mol. The highest BCUT2D eigenvalue weighted by molar-refractivity contribution is 9.10. The van der Waals surface area contributed by atoms with Gasteiger partial charge >= 0.3 is 0 Å². The molecule has 0 saturated carbocycles. The highest BCUT2D eigenvalue weighted by atomic mass is 79.9. The Kier molecular flexibility index (Phi) is 6.00. The van der Waals surface area contributed by atoms with Crippen LogP contribution in [0, 0.1) is 22.7 Å². The van der Waals surface area contributed by atoms with Gasteiger partial charge in [-0.05, 0) is 40.5 Å². The number of rotatable bonds is 6. The van der Waals surface area contributed by atoms with Crippen molar-refractivity contribution in [3.8, 4) is 17.9 Å². The van der Waals surface area contributed by atoms with Crippen LogP contribution in [-0.2, 0) is 11.3 Å². The predicted octanol–water partition coefficient (Wildman–Crippen LogP) is 3.75. The minimum absolute atomic E-state index is 0.217. The number of nitriles is 2. The summed E-state index contributed by atoms with van der Waals surface area (Å²) in [6.45, 7) is 2.75. The highest BCUT2D eigenvalue weighted by Crippen LogP contribution is 2.33. The summed E-state index contributed by atoms with van der Waals surface area (Å²) in [4.78, 5) is 4.21. The molecule has 0 aliphatic heterocycles. The summed E-state index contributed by atoms with van der Waals surface area (Å²) in [6.07, 6.45) is 1.29. The predicted molar refractivity (Wildman–Crippen MR) is 93.4 cm³/mol. The SMILES string of the molecule is CCO/C=N/c1c(C#N)c(C#N)c(Br)n1Cc1ccc(OC)cc1. The average Bonchev–Trinajstić information content (AvgIpc) is 2.87. The van der Waals surface area contributed by atoms with Crippen molar-refractivity contribution in [3.63, 3.8) is 0 Å². The van der Waals surface area contributed by atoms with Crippen LogP contribution in [0.2, 0.25) is 0 Å². The van der Waals surface area contributed by atoms with Crippen LogP contribution in [0.15, 0.2) is 33.9 Å². The molecule has 2 rings (SSSR count). The minimum atomic E-state index is 0.217. The Bertz CT molecular complexity index is 826. The Morgan fingerprint density at radius 1 is 1.21 bits per heavy atom. The van der Waals surface area contributed by atoms with Crippen molar-refractivity contribution in [1.29, 1.82) is 10.5 Å². The lowest BCUT2D eigenvalue weighted by Gasteiger charge is -2.09. The van der Waals surface area contributed by atoms with E-state index in [1.165, 1.54) is 6.40 Å². The fourth-order valence-corrected chi connectivity index (χ4v) is 2.72. The van der Waals surface area contributed by atoms with Crippen LogP contribution < -0.4 is 4.74 Å². The van der Waals surface area contributed by atoms with E-state index in [0.29, 0.717) is 23.6 Å². The normalized spacial score (nSPS) is 10.4. The second-order valence-electron chi connectivity index (χ2n) is 4.71. The number of ether oxygens (including phenoxy) is 2. The van der Waals surface area contributed by atoms with E-state index in [9.17, 15) is 10.5 Å². The van der Waals surface area contributed by atoms with Crippen LogP contribution in [0.25, 0.3) is 0 Å². The zero-order valence-corrected chi connectivity index (χ0v) is 14.9. The van der Waals surface area contributed by atoms with Crippen molar-refractivity contribution in [1.82, 2.24) is 4.57 Å². The van der Waals surface area contributed by atoms with Gasteiger partial charge in [0.1, 0.15) is 33.6 Å². The number of methoxy groups -OCH3 is 1. The number of hydrogen-bond donors (Lipinski definition) is 0. The highest BCUT2D eigenvalue weighted by Gasteiger charge is 2.21. The molecule has 6 nitrogen and oxygen atoms in total. The van der Waals surface area contributed by atoms with E-state index < -0.39 is 0 Å². The van der Waals surface area contributed by atoms with Gasteiger partial charge in [0.15, 0.2) is 12.2 Å². The lowest BCUT2D eigenvalue weighted by molar-refractivity contribution is 0.343. The van der Waals surface area contributed by atoms with Crippen molar-refractivity contribution in [2.24, 2.45) is 4.99 Å². The second-order valence-corrected chi connectivity index (χ2v) is 5.46. The Hall–Kier alpha value is -2.77. The Morgan fingerprint density at radius 2 is 1.88 bits per heavy atom. The standard InChI is InChI=1S/C17H15BrN4O2/c1-3-24-11-21-17-15(9-20)14(8-19)16(18)22(17)10-12-4-6-13(23-2)7-5-12/h4-7,11H,3,10H2,1-2H3/b21-11+. The van der Waals surface area contributed by atoms with Gasteiger partial charge in [-0.2, -0.15) is 10.5 Å². The topological polar surface area (TPSA) is 83.3 Å². The summed E-state index contributed by atoms with van der Waals surface area (Å²) in [5.74, 6) is 1.14. The molecule has 0 spiro atoms. The van der Waals surface area contributed by atoms with Crippen molar-refractivity contribution < 1.29 is 9.47 Å². The molecule has 0 fully saturated rings. The molecule has 0 radical (unpaired) electrons. The van der Waals surface area contributed by atoms with E-state index >= 15 is 0 Å². The van der Waals surface area contributed by atoms with Gasteiger partial charge in [-0.15, -0.1) is 0 Å². The van der Waals surface area contributed by atoms with Crippen LogP contribution >= 0.6 is 15.9 Å². The van der Waals surface area contributed by atoms with Gasteiger partial charge in [0, 0.05) is 0 Å². The molecule has 0 bridgehead atoms. The largest absolute Gasteiger partial charge is 0.497 e. The molecule has 0 aliphatic rings. The maximum Gasteiger partial charge on any atom is 0.176 e. The molecule has 0 saturated heterocycles. The smallest absolute Gasteiger partial charge is 0.176 e. The number of hydrogen-bond acceptors (Lipinski definition) is 5. The van der Waals surface area contributed by atoms with E-state index in [1.54, 1.807) is 11.7 Å². The van der Waals surface area contributed by atoms with Gasteiger partial charge in [-0.3, -0.25) is 0 Å². The van der Waals surface area contributed by atoms with Crippen LogP contribution in [0.5, 0.6) is 5.75 Å². The first-order chi connectivity index (χ1) is 11.7. The first kappa shape index (κ1) is 17.6. The minimum Gasteiger partial charge on any atom is -0.497 e. The van der Waals surface area contributed by atoms with Crippen molar-refractivity contribution >= 4 is 28.1 Å². The first-order valence-electron chi connectivity index (χ1n) is 7.15. The first-order valence-corrected chi connectivity index (χ1v) is 7.94. The van der Waals surface area contributed by atoms with Crippen LogP contribution in [-0.4, -0.2) is 24.7 Å². The van der Waals surface area contributed by atoms with Gasteiger partial charge in [-0.25, -0.2) is 4.99 Å². The average molecular weight is 387 g/mol. The molecule has 1 aromatic heterocycles. The lowest BCUT2D eigenvalue weighted by Crippen LogP contribution is -2.00. The summed E-state index contributed by atoms with van der Waals surface area (Å²) in [5, 5.41) is 18.7. The zero-order valence-electron chi connectivity index (χ0n) is 13.3. The molecule has 0 unspecified atom stereocenters. The molecule has 2 aromatic rings. The molecule has 0 aliphatic carbocycles. The maximum atomic E-state index is 9.39. The molecule has 24 heavy (non-hydrogen) atoms. The van der Waals surface area contributed by atoms with E-state index in [2.05, 4.69) is 20.9 Å². The van der Waals surface area contributed by atoms with Gasteiger partial charge in [0.05, 0.1) is 20.3 Å². The molecule has 7 heteroatoms. The quantitative estimate of drug-likeness (QED) is 0.558. The number of nitrogens with zero attached hydrogens (tertiary/aromatic N) is 4. The van der Waals surface area contributed by atoms with Crippen molar-refractivity contribution in [2.75, 3.05) is 13.7 Å². The van der Waals surface area contributed by atoms with Gasteiger partial charge in [-0.1, -0.05) is 12.1 Å². The Morgan fingerprint density at radius 3 is 2.42 bits per heavy atom. The molecule has 0 atom stereocenters. The maximum absolute atomic E-state index is 9.39. The van der Waals surface area contributed by atoms with Crippen LogP contribution in [0.3, 0.4) is 0 Å². The molecule has 122 valence electrons. The summed E-state index contributed by atoms with van der Waals surface area (Å²) >= 11 is 3.40. The zero-order chi connectivity index (χ0) is 17.5. The third kappa shape index (κ3) is 3.58. The van der Waals surface area contributed by atoms with Crippen molar-refractivity contribution in [3.05, 3.63) is 45.6 Å². The van der Waals surface area contributed by atoms with Crippen molar-refractivity contribution in [2.45, 2.75) is 13.5 Å². The van der Waals surface area contributed by atoms with Gasteiger partial charge < -0.3 is 14.0 Å². The third-order valence-electron chi connectivity index (χ3n) is 3.31. The van der Waals surface area contributed by atoms with Crippen LogP contribution in [0.1, 0.15) is 23.6 Å². The fraction of sp³-hybridized carbons (Fsp3) is 0.235. The number of halogens is 1. The molecule has 1 aromatic carbocycles. The summed E-state index contributed by atoms with van der Waals surface area (Å²) < 4.78 is 12.5. The van der Waals surface area contributed by atoms with Crippen LogP contribution in [0.4, 0.5) is 5.82 Å².